The van der Waals surface area contributed by atoms with Gasteiger partial charge >= 0.3 is 0 Å². The van der Waals surface area contributed by atoms with Crippen molar-refractivity contribution >= 4 is 33.8 Å². The first kappa shape index (κ1) is 23.3. The highest BCUT2D eigenvalue weighted by molar-refractivity contribution is 7.92. The van der Waals surface area contributed by atoms with Crippen LogP contribution in [0.3, 0.4) is 0 Å². The first-order valence-electron chi connectivity index (χ1n) is 9.79. The average molecular weight is 440 g/mol. The second kappa shape index (κ2) is 10.7. The summed E-state index contributed by atoms with van der Waals surface area (Å²) in [6.45, 7) is 5.48. The van der Waals surface area contributed by atoms with Gasteiger partial charge in [0.25, 0.3) is 10.0 Å². The lowest BCUT2D eigenvalue weighted by Crippen LogP contribution is -2.43. The van der Waals surface area contributed by atoms with E-state index in [0.29, 0.717) is 11.4 Å². The monoisotopic (exact) mass is 439 g/mol. The van der Waals surface area contributed by atoms with Crippen molar-refractivity contribution in [2.24, 2.45) is 0 Å². The Kier molecular flexibility index (Phi) is 8.61. The van der Waals surface area contributed by atoms with Crippen LogP contribution in [0.5, 0.6) is 5.75 Å². The van der Waals surface area contributed by atoms with Crippen LogP contribution in [0.15, 0.2) is 47.4 Å². The number of benzene rings is 2. The van der Waals surface area contributed by atoms with Crippen LogP contribution in [0.4, 0.5) is 11.4 Å². The lowest BCUT2D eigenvalue weighted by atomic mass is 10.1. The topological polar surface area (TPSA) is 70.7 Å². The van der Waals surface area contributed by atoms with E-state index in [0.717, 1.165) is 56.7 Å². The van der Waals surface area contributed by atoms with Gasteiger partial charge in [-0.05, 0) is 42.7 Å². The molecule has 0 saturated carbocycles. The van der Waals surface area contributed by atoms with Gasteiger partial charge in [-0.3, -0.25) is 4.72 Å². The number of nitrogens with one attached hydrogen (secondary N) is 2. The predicted molar refractivity (Wildman–Crippen MR) is 121 cm³/mol. The van der Waals surface area contributed by atoms with Gasteiger partial charge in [0.05, 0.1) is 23.4 Å². The number of unbranched alkanes of at least 4 members (excludes halogenated alkanes) is 1. The molecule has 2 aromatic carbocycles. The van der Waals surface area contributed by atoms with E-state index in [1.165, 1.54) is 0 Å². The standard InChI is InChI=1S/C21H29N3O3S.ClH/c1-3-4-7-17-8-5-6-9-19(17)23-28(25,26)18-10-11-21(27-2)20(16-18)24-14-12-22-13-15-24;/h5-6,8-11,16,22-23H,3-4,7,12-15H2,1-2H3;1H. The molecule has 0 amide bonds. The van der Waals surface area contributed by atoms with Crippen LogP contribution in [-0.2, 0) is 16.4 Å². The third kappa shape index (κ3) is 5.78. The molecule has 0 aliphatic carbocycles. The molecule has 1 heterocycles. The fraction of sp³-hybridized carbons (Fsp3) is 0.429. The van der Waals surface area contributed by atoms with Crippen LogP contribution in [0.1, 0.15) is 25.3 Å². The minimum absolute atomic E-state index is 0. The second-order valence-corrected chi connectivity index (χ2v) is 8.62. The lowest BCUT2D eigenvalue weighted by Gasteiger charge is -2.30. The molecule has 2 N–H and O–H groups in total. The molecule has 29 heavy (non-hydrogen) atoms. The van der Waals surface area contributed by atoms with Gasteiger partial charge in [0, 0.05) is 26.2 Å². The van der Waals surface area contributed by atoms with Crippen LogP contribution in [0, 0.1) is 0 Å². The number of ether oxygens (including phenoxy) is 1. The summed E-state index contributed by atoms with van der Waals surface area (Å²) in [7, 11) is -2.09. The van der Waals surface area contributed by atoms with Gasteiger partial charge in [-0.15, -0.1) is 12.4 Å². The van der Waals surface area contributed by atoms with Crippen LogP contribution in [0.2, 0.25) is 0 Å². The van der Waals surface area contributed by atoms with E-state index in [4.69, 9.17) is 4.74 Å². The summed E-state index contributed by atoms with van der Waals surface area (Å²) in [5.74, 6) is 0.684. The molecule has 1 aliphatic heterocycles. The molecule has 160 valence electrons. The third-order valence-corrected chi connectivity index (χ3v) is 6.34. The number of anilines is 2. The predicted octanol–water partition coefficient (Wildman–Crippen LogP) is 3.67. The number of rotatable bonds is 8. The summed E-state index contributed by atoms with van der Waals surface area (Å²) in [5.41, 5.74) is 2.48. The van der Waals surface area contributed by atoms with Crippen molar-refractivity contribution in [2.45, 2.75) is 31.1 Å². The number of halogens is 1. The van der Waals surface area contributed by atoms with Gasteiger partial charge in [-0.2, -0.15) is 0 Å². The number of methoxy groups -OCH3 is 1. The molecule has 0 spiro atoms. The van der Waals surface area contributed by atoms with E-state index >= 15 is 0 Å². The van der Waals surface area contributed by atoms with Crippen LogP contribution >= 0.6 is 12.4 Å². The summed E-state index contributed by atoms with van der Waals surface area (Å²) in [6, 6.07) is 12.6. The van der Waals surface area contributed by atoms with Crippen molar-refractivity contribution in [3.8, 4) is 5.75 Å². The maximum Gasteiger partial charge on any atom is 0.261 e. The average Bonchev–Trinajstić information content (AvgIpc) is 2.73. The molecule has 2 aromatic rings. The minimum atomic E-state index is -3.69. The zero-order chi connectivity index (χ0) is 20.0. The molecular formula is C21H30ClN3O3S. The Morgan fingerprint density at radius 2 is 1.86 bits per heavy atom. The second-order valence-electron chi connectivity index (χ2n) is 6.94. The van der Waals surface area contributed by atoms with Crippen LogP contribution in [-0.4, -0.2) is 41.7 Å². The lowest BCUT2D eigenvalue weighted by molar-refractivity contribution is 0.412. The first-order valence-corrected chi connectivity index (χ1v) is 11.3. The molecule has 3 rings (SSSR count). The zero-order valence-corrected chi connectivity index (χ0v) is 18.6. The summed E-state index contributed by atoms with van der Waals surface area (Å²) in [6.07, 6.45) is 2.94. The molecule has 0 atom stereocenters. The van der Waals surface area contributed by atoms with Crippen molar-refractivity contribution in [3.05, 3.63) is 48.0 Å². The van der Waals surface area contributed by atoms with E-state index in [2.05, 4.69) is 21.9 Å². The Morgan fingerprint density at radius 1 is 1.14 bits per heavy atom. The number of aryl methyl sites for hydroxylation is 1. The first-order chi connectivity index (χ1) is 13.5. The normalized spacial score (nSPS) is 14.2. The number of hydrogen-bond donors (Lipinski definition) is 2. The molecule has 0 aromatic heterocycles. The highest BCUT2D eigenvalue weighted by atomic mass is 35.5. The molecule has 0 radical (unpaired) electrons. The SMILES string of the molecule is CCCCc1ccccc1NS(=O)(=O)c1ccc(OC)c(N2CCNCC2)c1.Cl. The van der Waals surface area contributed by atoms with Crippen LogP contribution in [0.25, 0.3) is 0 Å². The Balaban J connectivity index is 0.00000300. The van der Waals surface area contributed by atoms with Crippen molar-refractivity contribution in [1.29, 1.82) is 0 Å². The number of piperazine rings is 1. The van der Waals surface area contributed by atoms with Gasteiger partial charge in [-0.1, -0.05) is 31.5 Å². The van der Waals surface area contributed by atoms with E-state index in [-0.39, 0.29) is 17.3 Å². The summed E-state index contributed by atoms with van der Waals surface area (Å²) in [4.78, 5) is 2.40. The maximum absolute atomic E-state index is 13.1. The van der Waals surface area contributed by atoms with Gasteiger partial charge in [0.15, 0.2) is 0 Å². The summed E-state index contributed by atoms with van der Waals surface area (Å²) < 4.78 is 34.4. The molecular weight excluding hydrogens is 410 g/mol. The van der Waals surface area contributed by atoms with Gasteiger partial charge in [0.1, 0.15) is 5.75 Å². The Hall–Kier alpha value is -1.96. The van der Waals surface area contributed by atoms with E-state index in [1.54, 1.807) is 25.3 Å². The molecule has 6 nitrogen and oxygen atoms in total. The molecule has 0 bridgehead atoms. The minimum Gasteiger partial charge on any atom is -0.495 e. The fourth-order valence-electron chi connectivity index (χ4n) is 3.40. The summed E-state index contributed by atoms with van der Waals surface area (Å²) >= 11 is 0. The number of para-hydroxylation sites is 1. The fourth-order valence-corrected chi connectivity index (χ4v) is 4.52. The van der Waals surface area contributed by atoms with Gasteiger partial charge in [-0.25, -0.2) is 8.42 Å². The quantitative estimate of drug-likeness (QED) is 0.656. The third-order valence-electron chi connectivity index (χ3n) is 4.98. The van der Waals surface area contributed by atoms with E-state index in [1.807, 2.05) is 24.3 Å². The largest absolute Gasteiger partial charge is 0.495 e. The van der Waals surface area contributed by atoms with Crippen molar-refractivity contribution in [1.82, 2.24) is 5.32 Å². The molecule has 0 unspecified atom stereocenters. The Labute approximate surface area is 180 Å². The number of sulfonamides is 1. The molecule has 1 saturated heterocycles. The van der Waals surface area contributed by atoms with Crippen molar-refractivity contribution in [2.75, 3.05) is 42.9 Å². The Bertz CT molecular complexity index is 900. The summed E-state index contributed by atoms with van der Waals surface area (Å²) in [5, 5.41) is 3.31. The van der Waals surface area contributed by atoms with Gasteiger partial charge < -0.3 is 15.0 Å². The highest BCUT2D eigenvalue weighted by Gasteiger charge is 2.21. The van der Waals surface area contributed by atoms with E-state index in [9.17, 15) is 8.42 Å². The molecule has 8 heteroatoms. The van der Waals surface area contributed by atoms with Crippen molar-refractivity contribution in [3.63, 3.8) is 0 Å². The van der Waals surface area contributed by atoms with Crippen molar-refractivity contribution < 1.29 is 13.2 Å². The Morgan fingerprint density at radius 3 is 2.55 bits per heavy atom. The van der Waals surface area contributed by atoms with Crippen LogP contribution < -0.4 is 19.7 Å². The maximum atomic E-state index is 13.1. The zero-order valence-electron chi connectivity index (χ0n) is 17.0. The number of hydrogen-bond acceptors (Lipinski definition) is 5. The van der Waals surface area contributed by atoms with Gasteiger partial charge in [0.2, 0.25) is 0 Å². The molecule has 1 aliphatic rings. The van der Waals surface area contributed by atoms with E-state index < -0.39 is 10.0 Å². The smallest absolute Gasteiger partial charge is 0.261 e. The number of nitrogens with zero attached hydrogens (tertiary/aromatic N) is 1. The molecule has 1 fully saturated rings. The highest BCUT2D eigenvalue weighted by Crippen LogP contribution is 2.32.